The molecule has 0 bridgehead atoms. The zero-order chi connectivity index (χ0) is 51.7. The number of hydrogen-bond donors (Lipinski definition) is 7. The Bertz CT molecular complexity index is 1380. The van der Waals surface area contributed by atoms with Crippen molar-refractivity contribution in [2.75, 3.05) is 26.4 Å². The van der Waals surface area contributed by atoms with Crippen LogP contribution in [-0.4, -0.2) is 142 Å². The lowest BCUT2D eigenvalue weighted by molar-refractivity contribution is -0.332. The van der Waals surface area contributed by atoms with E-state index in [1.165, 1.54) is 103 Å². The molecule has 0 aromatic carbocycles. The number of allylic oxidation sites excluding steroid dienone is 6. The molecule has 11 atom stereocenters. The molecule has 0 aliphatic carbocycles. The van der Waals surface area contributed by atoms with Gasteiger partial charge in [-0.05, 0) is 70.6 Å². The van der Waals surface area contributed by atoms with Crippen LogP contribution < -0.4 is 0 Å². The smallest absolute Gasteiger partial charge is 0.306 e. The van der Waals surface area contributed by atoms with E-state index in [0.29, 0.717) is 12.8 Å². The summed E-state index contributed by atoms with van der Waals surface area (Å²) in [6, 6.07) is 0. The Morgan fingerprint density at radius 3 is 1.34 bits per heavy atom. The molecule has 0 amide bonds. The fraction of sp³-hybridized carbons (Fsp3) is 0.857. The third-order valence-electron chi connectivity index (χ3n) is 13.3. The van der Waals surface area contributed by atoms with Crippen molar-refractivity contribution < 1.29 is 73.8 Å². The molecule has 71 heavy (non-hydrogen) atoms. The number of ether oxygens (including phenoxy) is 6. The molecule has 11 unspecified atom stereocenters. The minimum atomic E-state index is -1.77. The van der Waals surface area contributed by atoms with Gasteiger partial charge in [-0.3, -0.25) is 9.59 Å². The number of rotatable bonds is 44. The average Bonchev–Trinajstić information content (AvgIpc) is 3.36. The summed E-state index contributed by atoms with van der Waals surface area (Å²) < 4.78 is 33.7. The first-order valence-electron chi connectivity index (χ1n) is 28.1. The molecule has 0 radical (unpaired) electrons. The Morgan fingerprint density at radius 2 is 0.845 bits per heavy atom. The molecular weight excluding hydrogens is 913 g/mol. The lowest BCUT2D eigenvalue weighted by atomic mass is 9.98. The van der Waals surface area contributed by atoms with Gasteiger partial charge in [0.2, 0.25) is 0 Å². The highest BCUT2D eigenvalue weighted by Crippen LogP contribution is 2.27. The molecule has 0 spiro atoms. The Balaban J connectivity index is 1.78. The lowest BCUT2D eigenvalue weighted by Crippen LogP contribution is -2.61. The minimum absolute atomic E-state index is 0.156. The molecule has 15 nitrogen and oxygen atoms in total. The van der Waals surface area contributed by atoms with E-state index in [4.69, 9.17) is 28.4 Å². The molecular formula is C56H100O15. The summed E-state index contributed by atoms with van der Waals surface area (Å²) in [6.45, 7) is 2.58. The van der Waals surface area contributed by atoms with Gasteiger partial charge in [0, 0.05) is 12.8 Å². The molecule has 0 saturated carbocycles. The van der Waals surface area contributed by atoms with Crippen LogP contribution in [0.5, 0.6) is 0 Å². The second kappa shape index (κ2) is 43.0. The van der Waals surface area contributed by atoms with Gasteiger partial charge in [-0.15, -0.1) is 0 Å². The maximum Gasteiger partial charge on any atom is 0.306 e. The summed E-state index contributed by atoms with van der Waals surface area (Å²) in [5.41, 5.74) is 0. The van der Waals surface area contributed by atoms with E-state index >= 15 is 0 Å². The van der Waals surface area contributed by atoms with Gasteiger partial charge in [-0.1, -0.05) is 166 Å². The summed E-state index contributed by atoms with van der Waals surface area (Å²) in [5.74, 6) is -0.934. The van der Waals surface area contributed by atoms with E-state index < -0.39 is 92.7 Å². The van der Waals surface area contributed by atoms with E-state index in [-0.39, 0.29) is 26.1 Å². The summed E-state index contributed by atoms with van der Waals surface area (Å²) in [5, 5.41) is 72.2. The molecule has 2 aliphatic heterocycles. The topological polar surface area (TPSA) is 231 Å². The van der Waals surface area contributed by atoms with Crippen LogP contribution in [0.2, 0.25) is 0 Å². The quantitative estimate of drug-likeness (QED) is 0.0172. The summed E-state index contributed by atoms with van der Waals surface area (Å²) in [6.07, 6.45) is 30.1. The summed E-state index contributed by atoms with van der Waals surface area (Å²) in [4.78, 5) is 25.8. The Morgan fingerprint density at radius 1 is 0.451 bits per heavy atom. The van der Waals surface area contributed by atoms with Crippen LogP contribution in [0.15, 0.2) is 36.5 Å². The van der Waals surface area contributed by atoms with Crippen molar-refractivity contribution in [2.45, 2.75) is 280 Å². The van der Waals surface area contributed by atoms with Crippen LogP contribution >= 0.6 is 0 Å². The van der Waals surface area contributed by atoms with E-state index in [9.17, 15) is 45.3 Å². The fourth-order valence-electron chi connectivity index (χ4n) is 8.71. The zero-order valence-corrected chi connectivity index (χ0v) is 44.0. The first-order chi connectivity index (χ1) is 34.5. The van der Waals surface area contributed by atoms with E-state index in [2.05, 4.69) is 50.3 Å². The fourth-order valence-corrected chi connectivity index (χ4v) is 8.71. The van der Waals surface area contributed by atoms with Gasteiger partial charge in [0.1, 0.15) is 55.4 Å². The number of carbonyl (C=O) groups excluding carboxylic acids is 2. The third kappa shape index (κ3) is 30.6. The van der Waals surface area contributed by atoms with Gasteiger partial charge in [-0.2, -0.15) is 0 Å². The maximum atomic E-state index is 13.0. The van der Waals surface area contributed by atoms with Gasteiger partial charge in [-0.25, -0.2) is 0 Å². The molecule has 414 valence electrons. The van der Waals surface area contributed by atoms with Crippen LogP contribution in [0.4, 0.5) is 0 Å². The number of esters is 2. The highest BCUT2D eigenvalue weighted by Gasteiger charge is 2.47. The van der Waals surface area contributed by atoms with Crippen molar-refractivity contribution >= 4 is 11.9 Å². The van der Waals surface area contributed by atoms with Crippen molar-refractivity contribution in [1.29, 1.82) is 0 Å². The van der Waals surface area contributed by atoms with E-state index in [0.717, 1.165) is 70.6 Å². The molecule has 2 fully saturated rings. The second-order valence-corrected chi connectivity index (χ2v) is 19.8. The number of unbranched alkanes of at least 4 members (excludes halogenated alkanes) is 24. The minimum Gasteiger partial charge on any atom is -0.462 e. The molecule has 0 aromatic heterocycles. The number of hydrogen-bond acceptors (Lipinski definition) is 15. The van der Waals surface area contributed by atoms with E-state index in [1.54, 1.807) is 0 Å². The number of carbonyl (C=O) groups is 2. The molecule has 15 heteroatoms. The molecule has 2 heterocycles. The lowest BCUT2D eigenvalue weighted by Gasteiger charge is -2.42. The molecule has 0 aromatic rings. The number of aliphatic hydroxyl groups is 7. The van der Waals surface area contributed by atoms with Crippen molar-refractivity contribution in [1.82, 2.24) is 0 Å². The van der Waals surface area contributed by atoms with Gasteiger partial charge >= 0.3 is 11.9 Å². The van der Waals surface area contributed by atoms with Crippen molar-refractivity contribution in [3.8, 4) is 0 Å². The maximum absolute atomic E-state index is 13.0. The van der Waals surface area contributed by atoms with Crippen LogP contribution in [-0.2, 0) is 38.0 Å². The normalized spacial score (nSPS) is 25.4. The van der Waals surface area contributed by atoms with Crippen LogP contribution in [0.3, 0.4) is 0 Å². The van der Waals surface area contributed by atoms with E-state index in [1.807, 2.05) is 0 Å². The first kappa shape index (κ1) is 64.8. The summed E-state index contributed by atoms with van der Waals surface area (Å²) >= 11 is 0. The van der Waals surface area contributed by atoms with Crippen molar-refractivity contribution in [3.63, 3.8) is 0 Å². The Kier molecular flexibility index (Phi) is 39.3. The number of aliphatic hydroxyl groups excluding tert-OH is 7. The van der Waals surface area contributed by atoms with Gasteiger partial charge < -0.3 is 64.2 Å². The summed E-state index contributed by atoms with van der Waals surface area (Å²) in [7, 11) is 0. The van der Waals surface area contributed by atoms with Crippen molar-refractivity contribution in [2.24, 2.45) is 0 Å². The zero-order valence-electron chi connectivity index (χ0n) is 44.0. The first-order valence-corrected chi connectivity index (χ1v) is 28.1. The van der Waals surface area contributed by atoms with Gasteiger partial charge in [0.15, 0.2) is 18.7 Å². The highest BCUT2D eigenvalue weighted by atomic mass is 16.7. The second-order valence-electron chi connectivity index (χ2n) is 19.8. The molecule has 2 saturated heterocycles. The van der Waals surface area contributed by atoms with Crippen molar-refractivity contribution in [3.05, 3.63) is 36.5 Å². The predicted molar refractivity (Wildman–Crippen MR) is 275 cm³/mol. The average molecular weight is 1010 g/mol. The Labute approximate surface area is 427 Å². The SMILES string of the molecule is CCCCCC/C=C\C/C=C\CCCCCCCCCC(=O)OC(COC(=O)CCCCCCCCC/C=C\CCCCCCCC)COC1OC(COC2OC(CO)C(O)C(O)C2O)C(O)C(O)C1O. The standard InChI is InChI=1S/C56H100O15/c1-3-5-7-9-11-13-15-17-19-21-23-25-27-29-31-33-35-37-39-48(59)69-44(41-66-47(58)38-36-34-32-30-28-26-24-22-20-18-16-14-12-10-8-6-4-2)42-67-55-54(65)52(63)50(61)46(71-55)43-68-56-53(64)51(62)49(60)45(40-57)70-56/h13,15,18-21,44-46,49-57,60-65H,3-12,14,16-17,22-43H2,1-2H3/b15-13-,20-18-,21-19-. The largest absolute Gasteiger partial charge is 0.462 e. The molecule has 7 N–H and O–H groups in total. The Hall–Kier alpha value is -2.28. The van der Waals surface area contributed by atoms with Crippen LogP contribution in [0.25, 0.3) is 0 Å². The highest BCUT2D eigenvalue weighted by molar-refractivity contribution is 5.70. The monoisotopic (exact) mass is 1010 g/mol. The molecule has 2 aliphatic rings. The van der Waals surface area contributed by atoms with Gasteiger partial charge in [0.05, 0.1) is 19.8 Å². The van der Waals surface area contributed by atoms with Gasteiger partial charge in [0.25, 0.3) is 0 Å². The van der Waals surface area contributed by atoms with Crippen LogP contribution in [0, 0.1) is 0 Å². The third-order valence-corrected chi connectivity index (χ3v) is 13.3. The molecule has 2 rings (SSSR count). The van der Waals surface area contributed by atoms with Crippen LogP contribution in [0.1, 0.15) is 213 Å². The predicted octanol–water partition coefficient (Wildman–Crippen LogP) is 8.88.